The SMILES string of the molecule is C=CC1CN(C(C)C(O)c2ccnc3ccc(NC(=S)N4CCCCC4)cc23)CCC1C. The van der Waals surface area contributed by atoms with Crippen molar-refractivity contribution >= 4 is 33.9 Å². The van der Waals surface area contributed by atoms with Crippen molar-refractivity contribution in [3.05, 3.63) is 48.7 Å². The first kappa shape index (κ1) is 23.1. The number of aromatic nitrogens is 1. The molecule has 0 spiro atoms. The molecule has 4 rings (SSSR count). The van der Waals surface area contributed by atoms with Gasteiger partial charge in [-0.1, -0.05) is 13.0 Å². The van der Waals surface area contributed by atoms with Gasteiger partial charge in [-0.3, -0.25) is 9.88 Å². The van der Waals surface area contributed by atoms with Crippen LogP contribution in [0.5, 0.6) is 0 Å². The Labute approximate surface area is 197 Å². The summed E-state index contributed by atoms with van der Waals surface area (Å²) in [6, 6.07) is 8.07. The standard InChI is InChI=1S/C26H36N4OS/c1-4-20-17-30(15-11-18(20)2)19(3)25(31)22-10-12-27-24-9-8-21(16-23(22)24)28-26(32)29-13-6-5-7-14-29/h4,8-10,12,16,18-20,25,31H,1,5-7,11,13-15,17H2,2-3H3,(H,28,32). The van der Waals surface area contributed by atoms with E-state index < -0.39 is 6.10 Å². The van der Waals surface area contributed by atoms with Gasteiger partial charge in [-0.15, -0.1) is 6.58 Å². The van der Waals surface area contributed by atoms with Crippen LogP contribution in [0.2, 0.25) is 0 Å². The number of likely N-dealkylation sites (tertiary alicyclic amines) is 2. The van der Waals surface area contributed by atoms with Gasteiger partial charge < -0.3 is 15.3 Å². The summed E-state index contributed by atoms with van der Waals surface area (Å²) in [5.74, 6) is 1.12. The van der Waals surface area contributed by atoms with Crippen LogP contribution in [-0.4, -0.2) is 57.2 Å². The van der Waals surface area contributed by atoms with Gasteiger partial charge in [0.2, 0.25) is 0 Å². The van der Waals surface area contributed by atoms with E-state index in [-0.39, 0.29) is 6.04 Å². The summed E-state index contributed by atoms with van der Waals surface area (Å²) in [5, 5.41) is 16.6. The minimum Gasteiger partial charge on any atom is -0.387 e. The maximum absolute atomic E-state index is 11.4. The van der Waals surface area contributed by atoms with Crippen molar-refractivity contribution in [1.29, 1.82) is 0 Å². The third-order valence-electron chi connectivity index (χ3n) is 7.37. The van der Waals surface area contributed by atoms with Crippen molar-refractivity contribution in [2.75, 3.05) is 31.5 Å². The number of nitrogens with zero attached hydrogens (tertiary/aromatic N) is 3. The van der Waals surface area contributed by atoms with Crippen molar-refractivity contribution in [2.24, 2.45) is 11.8 Å². The third-order valence-corrected chi connectivity index (χ3v) is 7.73. The molecule has 0 amide bonds. The van der Waals surface area contributed by atoms with Gasteiger partial charge in [-0.05, 0) is 93.0 Å². The van der Waals surface area contributed by atoms with Crippen LogP contribution in [-0.2, 0) is 0 Å². The van der Waals surface area contributed by atoms with Crippen molar-refractivity contribution < 1.29 is 5.11 Å². The second kappa shape index (κ2) is 10.3. The van der Waals surface area contributed by atoms with E-state index in [0.717, 1.165) is 59.9 Å². The number of fused-ring (bicyclic) bond motifs is 1. The van der Waals surface area contributed by atoms with Crippen molar-refractivity contribution in [3.63, 3.8) is 0 Å². The zero-order valence-electron chi connectivity index (χ0n) is 19.3. The first-order valence-corrected chi connectivity index (χ1v) is 12.4. The molecular weight excluding hydrogens is 416 g/mol. The average Bonchev–Trinajstić information content (AvgIpc) is 2.83. The minimum atomic E-state index is -0.594. The lowest BCUT2D eigenvalue weighted by Gasteiger charge is -2.40. The molecule has 2 aliphatic rings. The van der Waals surface area contributed by atoms with E-state index in [2.05, 4.69) is 52.7 Å². The molecule has 0 radical (unpaired) electrons. The second-order valence-corrected chi connectivity index (χ2v) is 9.84. The number of rotatable bonds is 5. The monoisotopic (exact) mass is 452 g/mol. The van der Waals surface area contributed by atoms with Crippen molar-refractivity contribution in [3.8, 4) is 0 Å². The summed E-state index contributed by atoms with van der Waals surface area (Å²) in [6.45, 7) is 12.4. The summed E-state index contributed by atoms with van der Waals surface area (Å²) in [7, 11) is 0. The Balaban J connectivity index is 1.54. The zero-order chi connectivity index (χ0) is 22.7. The highest BCUT2D eigenvalue weighted by Gasteiger charge is 2.31. The predicted molar refractivity (Wildman–Crippen MR) is 137 cm³/mol. The first-order chi connectivity index (χ1) is 15.5. The molecule has 3 heterocycles. The van der Waals surface area contributed by atoms with Crippen LogP contribution in [0.15, 0.2) is 43.1 Å². The molecule has 2 fully saturated rings. The lowest BCUT2D eigenvalue weighted by atomic mass is 9.85. The lowest BCUT2D eigenvalue weighted by molar-refractivity contribution is 0.0277. The number of aliphatic hydroxyl groups excluding tert-OH is 1. The molecule has 2 saturated heterocycles. The number of benzene rings is 1. The third kappa shape index (κ3) is 4.98. The molecule has 1 aromatic carbocycles. The molecule has 0 bridgehead atoms. The highest BCUT2D eigenvalue weighted by atomic mass is 32.1. The fraction of sp³-hybridized carbons (Fsp3) is 0.538. The van der Waals surface area contributed by atoms with Crippen LogP contribution < -0.4 is 5.32 Å². The van der Waals surface area contributed by atoms with Crippen LogP contribution in [0.1, 0.15) is 51.2 Å². The van der Waals surface area contributed by atoms with Gasteiger partial charge in [0, 0.05) is 42.9 Å². The Hall–Kier alpha value is -2.02. The van der Waals surface area contributed by atoms with Gasteiger partial charge >= 0.3 is 0 Å². The van der Waals surface area contributed by atoms with Crippen LogP contribution in [0, 0.1) is 11.8 Å². The summed E-state index contributed by atoms with van der Waals surface area (Å²) in [4.78, 5) is 9.18. The normalized spacial score (nSPS) is 24.2. The molecule has 4 atom stereocenters. The Kier molecular flexibility index (Phi) is 7.44. The summed E-state index contributed by atoms with van der Waals surface area (Å²) < 4.78 is 0. The van der Waals surface area contributed by atoms with E-state index in [9.17, 15) is 5.11 Å². The molecule has 0 aliphatic carbocycles. The van der Waals surface area contributed by atoms with Crippen LogP contribution in [0.4, 0.5) is 5.69 Å². The number of hydrogen-bond acceptors (Lipinski definition) is 4. The molecule has 172 valence electrons. The van der Waals surface area contributed by atoms with Gasteiger partial charge in [0.1, 0.15) is 0 Å². The average molecular weight is 453 g/mol. The van der Waals surface area contributed by atoms with Crippen LogP contribution >= 0.6 is 12.2 Å². The second-order valence-electron chi connectivity index (χ2n) is 9.46. The van der Waals surface area contributed by atoms with Crippen LogP contribution in [0.25, 0.3) is 10.9 Å². The molecule has 5 nitrogen and oxygen atoms in total. The Morgan fingerprint density at radius 2 is 2.03 bits per heavy atom. The molecule has 2 N–H and O–H groups in total. The van der Waals surface area contributed by atoms with E-state index in [1.165, 1.54) is 19.3 Å². The van der Waals surface area contributed by atoms with Gasteiger partial charge in [-0.25, -0.2) is 0 Å². The van der Waals surface area contributed by atoms with E-state index in [1.54, 1.807) is 6.20 Å². The number of hydrogen-bond donors (Lipinski definition) is 2. The fourth-order valence-electron chi connectivity index (χ4n) is 5.06. The number of nitrogens with one attached hydrogen (secondary N) is 1. The van der Waals surface area contributed by atoms with Gasteiger partial charge in [0.25, 0.3) is 0 Å². The van der Waals surface area contributed by atoms with Gasteiger partial charge in [0.05, 0.1) is 11.6 Å². The first-order valence-electron chi connectivity index (χ1n) is 12.0. The number of piperidine rings is 2. The number of anilines is 1. The Morgan fingerprint density at radius 1 is 1.25 bits per heavy atom. The zero-order valence-corrected chi connectivity index (χ0v) is 20.2. The molecule has 4 unspecified atom stereocenters. The Morgan fingerprint density at radius 3 is 2.78 bits per heavy atom. The summed E-state index contributed by atoms with van der Waals surface area (Å²) in [6.07, 6.45) is 8.07. The van der Waals surface area contributed by atoms with Gasteiger partial charge in [0.15, 0.2) is 5.11 Å². The summed E-state index contributed by atoms with van der Waals surface area (Å²) in [5.41, 5.74) is 2.75. The van der Waals surface area contributed by atoms with E-state index in [4.69, 9.17) is 12.2 Å². The number of aliphatic hydroxyl groups is 1. The highest BCUT2D eigenvalue weighted by Crippen LogP contribution is 2.32. The molecule has 0 saturated carbocycles. The molecule has 1 aromatic heterocycles. The minimum absolute atomic E-state index is 0.0154. The summed E-state index contributed by atoms with van der Waals surface area (Å²) >= 11 is 5.66. The quantitative estimate of drug-likeness (QED) is 0.493. The Bertz CT molecular complexity index is 958. The molecule has 2 aromatic rings. The maximum Gasteiger partial charge on any atom is 0.173 e. The molecule has 6 heteroatoms. The molecular formula is C26H36N4OS. The lowest BCUT2D eigenvalue weighted by Crippen LogP contribution is -2.46. The van der Waals surface area contributed by atoms with E-state index >= 15 is 0 Å². The maximum atomic E-state index is 11.4. The molecule has 32 heavy (non-hydrogen) atoms. The number of pyridine rings is 1. The highest BCUT2D eigenvalue weighted by molar-refractivity contribution is 7.80. The fourth-order valence-corrected chi connectivity index (χ4v) is 5.36. The topological polar surface area (TPSA) is 51.6 Å². The van der Waals surface area contributed by atoms with Crippen molar-refractivity contribution in [2.45, 2.75) is 51.7 Å². The van der Waals surface area contributed by atoms with Crippen LogP contribution in [0.3, 0.4) is 0 Å². The van der Waals surface area contributed by atoms with E-state index in [0.29, 0.717) is 11.8 Å². The van der Waals surface area contributed by atoms with Crippen molar-refractivity contribution in [1.82, 2.24) is 14.8 Å². The van der Waals surface area contributed by atoms with E-state index in [1.807, 2.05) is 18.2 Å². The number of thiocarbonyl (C=S) groups is 1. The van der Waals surface area contributed by atoms with Gasteiger partial charge in [-0.2, -0.15) is 0 Å². The largest absolute Gasteiger partial charge is 0.387 e. The predicted octanol–water partition coefficient (Wildman–Crippen LogP) is 4.98. The smallest absolute Gasteiger partial charge is 0.173 e. The molecule has 2 aliphatic heterocycles.